The number of carbonyl (C=O) groups excluding carboxylic acids is 1. The van der Waals surface area contributed by atoms with E-state index < -0.39 is 24.3 Å². The van der Waals surface area contributed by atoms with E-state index in [0.29, 0.717) is 0 Å². The van der Waals surface area contributed by atoms with Gasteiger partial charge in [0, 0.05) is 5.66 Å². The fourth-order valence-corrected chi connectivity index (χ4v) is 1.14. The van der Waals surface area contributed by atoms with E-state index in [9.17, 15) is 17.7 Å². The minimum absolute atomic E-state index is 0. The summed E-state index contributed by atoms with van der Waals surface area (Å²) in [5.41, 5.74) is -1.69. The molecule has 19 heavy (non-hydrogen) atoms. The van der Waals surface area contributed by atoms with Crippen molar-refractivity contribution < 1.29 is 78.3 Å². The summed E-state index contributed by atoms with van der Waals surface area (Å²) in [5.74, 6) is 0.0232. The average molecular weight is 303 g/mol. The normalized spacial score (nSPS) is 11.7. The largest absolute Gasteiger partial charge is 1.00 e. The molecule has 0 saturated carbocycles. The Morgan fingerprint density at radius 3 is 2.37 bits per heavy atom. The SMILES string of the molecule is CC(C)(C)OC(=O)NCc1ccc([B-](F)(F)F)o1.[K+]. The van der Waals surface area contributed by atoms with Crippen LogP contribution in [0.15, 0.2) is 16.5 Å². The van der Waals surface area contributed by atoms with Gasteiger partial charge in [-0.2, -0.15) is 0 Å². The van der Waals surface area contributed by atoms with Crippen LogP contribution >= 0.6 is 0 Å². The van der Waals surface area contributed by atoms with E-state index in [1.54, 1.807) is 20.8 Å². The molecule has 0 atom stereocenters. The van der Waals surface area contributed by atoms with E-state index in [-0.39, 0.29) is 63.7 Å². The first kappa shape index (κ1) is 19.0. The minimum Gasteiger partial charge on any atom is -0.496 e. The Morgan fingerprint density at radius 2 is 1.95 bits per heavy atom. The van der Waals surface area contributed by atoms with Gasteiger partial charge in [0.05, 0.1) is 6.54 Å². The van der Waals surface area contributed by atoms with Crippen molar-refractivity contribution in [3.63, 3.8) is 0 Å². The molecule has 1 aromatic rings. The molecule has 0 aliphatic heterocycles. The van der Waals surface area contributed by atoms with Gasteiger partial charge in [-0.15, -0.1) is 0 Å². The summed E-state index contributed by atoms with van der Waals surface area (Å²) in [5, 5.41) is 2.30. The summed E-state index contributed by atoms with van der Waals surface area (Å²) < 4.78 is 46.3. The molecule has 4 nitrogen and oxygen atoms in total. The molecule has 0 fully saturated rings. The summed E-state index contributed by atoms with van der Waals surface area (Å²) >= 11 is 0. The second kappa shape index (κ2) is 7.17. The standard InChI is InChI=1S/C10H14BF3NO3.K/c1-10(2,3)18-9(16)15-6-7-4-5-8(17-7)11(12,13)14;/h4-5H,6H2,1-3H3,(H,15,16);/q-1;+1. The number of furan rings is 1. The first-order valence-corrected chi connectivity index (χ1v) is 5.33. The van der Waals surface area contributed by atoms with Gasteiger partial charge in [-0.25, -0.2) is 4.79 Å². The zero-order valence-electron chi connectivity index (χ0n) is 11.3. The topological polar surface area (TPSA) is 51.5 Å². The quantitative estimate of drug-likeness (QED) is 0.756. The van der Waals surface area contributed by atoms with Crippen LogP contribution in [0.5, 0.6) is 0 Å². The third-order valence-electron chi connectivity index (χ3n) is 1.81. The van der Waals surface area contributed by atoms with Crippen LogP contribution in [-0.4, -0.2) is 18.7 Å². The van der Waals surface area contributed by atoms with Crippen LogP contribution in [0.25, 0.3) is 0 Å². The van der Waals surface area contributed by atoms with Crippen LogP contribution in [0, 0.1) is 0 Å². The fourth-order valence-electron chi connectivity index (χ4n) is 1.14. The monoisotopic (exact) mass is 303 g/mol. The Labute approximate surface area is 151 Å². The third kappa shape index (κ3) is 7.40. The molecule has 1 amide bonds. The minimum atomic E-state index is -5.15. The molecule has 1 N–H and O–H groups in total. The van der Waals surface area contributed by atoms with Gasteiger partial charge in [0.25, 0.3) is 0 Å². The average Bonchev–Trinajstić information content (AvgIpc) is 2.59. The smallest absolute Gasteiger partial charge is 0.496 e. The number of hydrogen-bond acceptors (Lipinski definition) is 3. The number of rotatable bonds is 3. The number of alkyl carbamates (subject to hydrolysis) is 1. The molecule has 0 aromatic carbocycles. The van der Waals surface area contributed by atoms with Crippen LogP contribution in [0.2, 0.25) is 0 Å². The molecule has 1 rings (SSSR count). The Balaban J connectivity index is 0.00000324. The Bertz CT molecular complexity index is 428. The number of halogens is 3. The van der Waals surface area contributed by atoms with Crippen molar-refractivity contribution in [2.45, 2.75) is 32.9 Å². The molecule has 102 valence electrons. The number of carbonyl (C=O) groups is 1. The Kier molecular flexibility index (Phi) is 7.18. The zero-order chi connectivity index (χ0) is 14.0. The number of hydrogen-bond donors (Lipinski definition) is 1. The second-order valence-corrected chi connectivity index (χ2v) is 4.73. The second-order valence-electron chi connectivity index (χ2n) is 4.73. The van der Waals surface area contributed by atoms with Crippen molar-refractivity contribution in [1.29, 1.82) is 0 Å². The molecular formula is C10H14BF3KNO3. The molecule has 0 saturated heterocycles. The van der Waals surface area contributed by atoms with Gasteiger partial charge in [0.2, 0.25) is 0 Å². The fraction of sp³-hybridized carbons (Fsp3) is 0.500. The van der Waals surface area contributed by atoms with Gasteiger partial charge in [0.15, 0.2) is 0 Å². The number of nitrogens with one attached hydrogen (secondary N) is 1. The van der Waals surface area contributed by atoms with Crippen LogP contribution in [0.1, 0.15) is 26.5 Å². The summed E-state index contributed by atoms with van der Waals surface area (Å²) in [6.45, 7) is -0.250. The first-order valence-electron chi connectivity index (χ1n) is 5.33. The maximum atomic E-state index is 12.3. The zero-order valence-corrected chi connectivity index (χ0v) is 14.4. The van der Waals surface area contributed by atoms with Crippen molar-refractivity contribution in [3.8, 4) is 0 Å². The van der Waals surface area contributed by atoms with Gasteiger partial charge in [-0.1, -0.05) is 6.07 Å². The molecule has 1 aromatic heterocycles. The summed E-state index contributed by atoms with van der Waals surface area (Å²) in [4.78, 5) is 11.2. The number of amides is 1. The van der Waals surface area contributed by atoms with Crippen molar-refractivity contribution in [3.05, 3.63) is 17.9 Å². The molecule has 0 unspecified atom stereocenters. The van der Waals surface area contributed by atoms with E-state index >= 15 is 0 Å². The molecular weight excluding hydrogens is 289 g/mol. The summed E-state index contributed by atoms with van der Waals surface area (Å²) in [6, 6.07) is 2.01. The van der Waals surface area contributed by atoms with Gasteiger partial charge in [0.1, 0.15) is 11.4 Å². The predicted octanol–water partition coefficient (Wildman–Crippen LogP) is -0.637. The molecule has 0 spiro atoms. The van der Waals surface area contributed by atoms with E-state index in [1.807, 2.05) is 0 Å². The predicted molar refractivity (Wildman–Crippen MR) is 60.5 cm³/mol. The first-order chi connectivity index (χ1) is 8.08. The maximum absolute atomic E-state index is 12.3. The van der Waals surface area contributed by atoms with E-state index in [1.165, 1.54) is 6.07 Å². The van der Waals surface area contributed by atoms with E-state index in [2.05, 4.69) is 9.73 Å². The van der Waals surface area contributed by atoms with E-state index in [0.717, 1.165) is 6.07 Å². The van der Waals surface area contributed by atoms with Crippen molar-refractivity contribution >= 4 is 18.7 Å². The van der Waals surface area contributed by atoms with Gasteiger partial charge < -0.3 is 27.4 Å². The van der Waals surface area contributed by atoms with Crippen molar-refractivity contribution in [2.75, 3.05) is 0 Å². The van der Waals surface area contributed by atoms with Crippen LogP contribution < -0.4 is 62.4 Å². The molecule has 0 aliphatic rings. The molecule has 0 bridgehead atoms. The number of ether oxygens (including phenoxy) is 1. The van der Waals surface area contributed by atoms with Crippen LogP contribution in [-0.2, 0) is 11.3 Å². The molecule has 1 heterocycles. The molecule has 0 radical (unpaired) electrons. The molecule has 0 aliphatic carbocycles. The summed E-state index contributed by atoms with van der Waals surface area (Å²) in [7, 11) is 0. The van der Waals surface area contributed by atoms with Gasteiger partial charge in [-0.05, 0) is 26.8 Å². The van der Waals surface area contributed by atoms with Crippen molar-refractivity contribution in [1.82, 2.24) is 5.32 Å². The van der Waals surface area contributed by atoms with E-state index in [4.69, 9.17) is 4.74 Å². The van der Waals surface area contributed by atoms with Gasteiger partial charge in [-0.3, -0.25) is 0 Å². The van der Waals surface area contributed by atoms with Crippen LogP contribution in [0.3, 0.4) is 0 Å². The Hall–Kier alpha value is 0.0413. The van der Waals surface area contributed by atoms with Crippen LogP contribution in [0.4, 0.5) is 17.7 Å². The van der Waals surface area contributed by atoms with Crippen molar-refractivity contribution in [2.24, 2.45) is 0 Å². The summed E-state index contributed by atoms with van der Waals surface area (Å²) in [6.07, 6.45) is -0.710. The third-order valence-corrected chi connectivity index (χ3v) is 1.81. The van der Waals surface area contributed by atoms with Gasteiger partial charge >= 0.3 is 64.5 Å². The molecule has 9 heteroatoms. The maximum Gasteiger partial charge on any atom is 1.00 e. The Morgan fingerprint density at radius 1 is 1.37 bits per heavy atom.